The first-order valence-electron chi connectivity index (χ1n) is 10.2. The van der Waals surface area contributed by atoms with Gasteiger partial charge in [-0.1, -0.05) is 44.2 Å². The molecule has 32 heavy (non-hydrogen) atoms. The zero-order valence-electron chi connectivity index (χ0n) is 18.9. The Balaban J connectivity index is 0.000000995. The predicted molar refractivity (Wildman–Crippen MR) is 124 cm³/mol. The molecule has 0 fully saturated rings. The predicted octanol–water partition coefficient (Wildman–Crippen LogP) is 1.47. The fourth-order valence-corrected chi connectivity index (χ4v) is 2.96. The summed E-state index contributed by atoms with van der Waals surface area (Å²) in [5.41, 5.74) is 0.729. The van der Waals surface area contributed by atoms with Crippen LogP contribution in [-0.2, 0) is 19.2 Å². The van der Waals surface area contributed by atoms with E-state index in [2.05, 4.69) is 16.0 Å². The highest BCUT2D eigenvalue weighted by Crippen LogP contribution is 2.07. The molecule has 178 valence electrons. The van der Waals surface area contributed by atoms with Crippen LogP contribution in [-0.4, -0.2) is 65.7 Å². The molecule has 1 rings (SSSR count). The molecule has 0 aliphatic carbocycles. The van der Waals surface area contributed by atoms with Gasteiger partial charge >= 0.3 is 5.97 Å². The molecule has 4 N–H and O–H groups in total. The summed E-state index contributed by atoms with van der Waals surface area (Å²) in [5.74, 6) is -1.37. The lowest BCUT2D eigenvalue weighted by Gasteiger charge is -2.24. The van der Waals surface area contributed by atoms with Gasteiger partial charge < -0.3 is 21.1 Å². The van der Waals surface area contributed by atoms with Crippen molar-refractivity contribution in [2.75, 3.05) is 12.0 Å². The number of aliphatic carboxylic acids is 1. The van der Waals surface area contributed by atoms with Crippen LogP contribution in [0, 0.1) is 5.92 Å². The van der Waals surface area contributed by atoms with Crippen LogP contribution in [0.4, 0.5) is 0 Å². The second-order valence-electron chi connectivity index (χ2n) is 7.41. The number of aldehydes is 1. The van der Waals surface area contributed by atoms with Gasteiger partial charge in [-0.15, -0.1) is 0 Å². The highest BCUT2D eigenvalue weighted by molar-refractivity contribution is 7.98. The summed E-state index contributed by atoms with van der Waals surface area (Å²) in [6.45, 7) is 5.13. The fourth-order valence-electron chi connectivity index (χ4n) is 2.49. The van der Waals surface area contributed by atoms with Crippen LogP contribution < -0.4 is 16.0 Å². The van der Waals surface area contributed by atoms with Crippen LogP contribution >= 0.6 is 11.8 Å². The van der Waals surface area contributed by atoms with Gasteiger partial charge in [0.25, 0.3) is 0 Å². The lowest BCUT2D eigenvalue weighted by molar-refractivity contribution is -0.141. The van der Waals surface area contributed by atoms with Crippen molar-refractivity contribution in [3.8, 4) is 0 Å². The molecule has 0 radical (unpaired) electrons. The third-order valence-corrected chi connectivity index (χ3v) is 4.85. The van der Waals surface area contributed by atoms with E-state index in [9.17, 15) is 24.0 Å². The number of nitrogens with one attached hydrogen (secondary N) is 3. The molecule has 1 aromatic rings. The molecule has 0 saturated carbocycles. The van der Waals surface area contributed by atoms with Crippen molar-refractivity contribution in [2.45, 2.75) is 51.7 Å². The van der Waals surface area contributed by atoms with E-state index in [1.54, 1.807) is 23.9 Å². The lowest BCUT2D eigenvalue weighted by atomic mass is 10.0. The number of hydrogen-bond donors (Lipinski definition) is 4. The standard InChI is InChI=1S/C15H27N3O5S.C7H6O/c1-9(2)7-12(14(21)17-10(3)15(22)23)18-13(20)11(16-8-19)5-6-24-4;8-6-7-4-2-1-3-5-7/h8-12H,5-7H2,1-4H3,(H,16,19)(H,17,21)(H,18,20)(H,22,23);1-6H/t10-,11-,12-;/m0./s1. The molecule has 10 heteroatoms. The molecule has 0 heterocycles. The van der Waals surface area contributed by atoms with Gasteiger partial charge in [-0.25, -0.2) is 0 Å². The number of carbonyl (C=O) groups excluding carboxylic acids is 4. The fraction of sp³-hybridized carbons (Fsp3) is 0.500. The van der Waals surface area contributed by atoms with Crippen LogP contribution in [0.15, 0.2) is 30.3 Å². The maximum absolute atomic E-state index is 12.3. The van der Waals surface area contributed by atoms with Crippen LogP contribution in [0.2, 0.25) is 0 Å². The Morgan fingerprint density at radius 1 is 1.00 bits per heavy atom. The zero-order valence-corrected chi connectivity index (χ0v) is 19.7. The number of carboxylic acid groups (broad SMARTS) is 1. The molecule has 0 aliphatic heterocycles. The summed E-state index contributed by atoms with van der Waals surface area (Å²) >= 11 is 1.54. The third kappa shape index (κ3) is 12.7. The molecule has 3 atom stereocenters. The van der Waals surface area contributed by atoms with Gasteiger partial charge in [0.2, 0.25) is 18.2 Å². The quantitative estimate of drug-likeness (QED) is 0.322. The van der Waals surface area contributed by atoms with Crippen LogP contribution in [0.25, 0.3) is 0 Å². The van der Waals surface area contributed by atoms with Crippen molar-refractivity contribution in [3.05, 3.63) is 35.9 Å². The summed E-state index contributed by atoms with van der Waals surface area (Å²) in [6, 6.07) is 6.46. The van der Waals surface area contributed by atoms with Crippen LogP contribution in [0.3, 0.4) is 0 Å². The van der Waals surface area contributed by atoms with E-state index < -0.39 is 35.9 Å². The summed E-state index contributed by atoms with van der Waals surface area (Å²) in [4.78, 5) is 56.1. The van der Waals surface area contributed by atoms with E-state index in [4.69, 9.17) is 5.11 Å². The number of carboxylic acids is 1. The van der Waals surface area contributed by atoms with Crippen LogP contribution in [0.5, 0.6) is 0 Å². The summed E-state index contributed by atoms with van der Waals surface area (Å²) < 4.78 is 0. The molecule has 0 bridgehead atoms. The maximum Gasteiger partial charge on any atom is 0.325 e. The van der Waals surface area contributed by atoms with E-state index >= 15 is 0 Å². The van der Waals surface area contributed by atoms with Crippen molar-refractivity contribution in [1.29, 1.82) is 0 Å². The Kier molecular flexibility index (Phi) is 15.3. The molecule has 0 aliphatic rings. The number of thioether (sulfide) groups is 1. The minimum atomic E-state index is -1.15. The summed E-state index contributed by atoms with van der Waals surface area (Å²) in [6.07, 6.45) is 3.97. The first-order chi connectivity index (χ1) is 15.2. The van der Waals surface area contributed by atoms with Gasteiger partial charge in [0.05, 0.1) is 0 Å². The molecule has 0 saturated heterocycles. The Morgan fingerprint density at radius 3 is 2.03 bits per heavy atom. The van der Waals surface area contributed by atoms with E-state index in [0.29, 0.717) is 25.0 Å². The number of benzene rings is 1. The molecule has 0 unspecified atom stereocenters. The highest BCUT2D eigenvalue weighted by Gasteiger charge is 2.27. The van der Waals surface area contributed by atoms with Gasteiger partial charge in [-0.2, -0.15) is 11.8 Å². The third-order valence-electron chi connectivity index (χ3n) is 4.20. The molecular weight excluding hydrogens is 434 g/mol. The van der Waals surface area contributed by atoms with Gasteiger partial charge in [0, 0.05) is 5.56 Å². The van der Waals surface area contributed by atoms with Gasteiger partial charge in [0.15, 0.2) is 0 Å². The van der Waals surface area contributed by atoms with E-state index in [0.717, 1.165) is 11.8 Å². The maximum atomic E-state index is 12.3. The molecule has 9 nitrogen and oxygen atoms in total. The van der Waals surface area contributed by atoms with Crippen LogP contribution in [0.1, 0.15) is 44.0 Å². The minimum absolute atomic E-state index is 0.116. The molecular formula is C22H33N3O6S. The second-order valence-corrected chi connectivity index (χ2v) is 8.39. The molecule has 0 spiro atoms. The average Bonchev–Trinajstić information content (AvgIpc) is 2.76. The van der Waals surface area contributed by atoms with E-state index in [1.165, 1.54) is 6.92 Å². The van der Waals surface area contributed by atoms with E-state index in [-0.39, 0.29) is 5.92 Å². The van der Waals surface area contributed by atoms with Gasteiger partial charge in [-0.3, -0.25) is 24.0 Å². The number of amides is 3. The Bertz CT molecular complexity index is 730. The largest absolute Gasteiger partial charge is 0.480 e. The first kappa shape index (κ1) is 29.1. The SMILES string of the molecule is CSCC[C@H](NC=O)C(=O)N[C@@H](CC(C)C)C(=O)N[C@@H](C)C(=O)O.O=Cc1ccccc1. The smallest absolute Gasteiger partial charge is 0.325 e. The zero-order chi connectivity index (χ0) is 24.5. The topological polar surface area (TPSA) is 142 Å². The number of carbonyl (C=O) groups is 5. The lowest BCUT2D eigenvalue weighted by Crippen LogP contribution is -2.55. The van der Waals surface area contributed by atoms with Crippen molar-refractivity contribution >= 4 is 42.2 Å². The summed E-state index contributed by atoms with van der Waals surface area (Å²) in [5, 5.41) is 16.3. The molecule has 1 aromatic carbocycles. The monoisotopic (exact) mass is 467 g/mol. The first-order valence-corrected chi connectivity index (χ1v) is 11.6. The van der Waals surface area contributed by atoms with Gasteiger partial charge in [-0.05, 0) is 37.7 Å². The normalized spacial score (nSPS) is 12.9. The molecule has 0 aromatic heterocycles. The van der Waals surface area contributed by atoms with Crippen molar-refractivity contribution < 1.29 is 29.1 Å². The average molecular weight is 468 g/mol. The summed E-state index contributed by atoms with van der Waals surface area (Å²) in [7, 11) is 0. The molecule has 3 amide bonds. The van der Waals surface area contributed by atoms with Crippen molar-refractivity contribution in [3.63, 3.8) is 0 Å². The Hall–Kier alpha value is -2.88. The van der Waals surface area contributed by atoms with E-state index in [1.807, 2.05) is 38.3 Å². The van der Waals surface area contributed by atoms with Gasteiger partial charge in [0.1, 0.15) is 24.4 Å². The minimum Gasteiger partial charge on any atom is -0.480 e. The second kappa shape index (κ2) is 16.8. The number of rotatable bonds is 13. The van der Waals surface area contributed by atoms with Crippen molar-refractivity contribution in [1.82, 2.24) is 16.0 Å². The highest BCUT2D eigenvalue weighted by atomic mass is 32.2. The Labute approximate surface area is 193 Å². The Morgan fingerprint density at radius 2 is 1.59 bits per heavy atom. The number of hydrogen-bond acceptors (Lipinski definition) is 6. The van der Waals surface area contributed by atoms with Crippen molar-refractivity contribution in [2.24, 2.45) is 5.92 Å².